The fourth-order valence-electron chi connectivity index (χ4n) is 1.48. The molecule has 1 aromatic carbocycles. The minimum absolute atomic E-state index is 0.377. The second kappa shape index (κ2) is 3.62. The smallest absolute Gasteiger partial charge is 0.339 e. The highest BCUT2D eigenvalue weighted by molar-refractivity contribution is 6.33. The first-order valence-corrected chi connectivity index (χ1v) is 4.98. The second-order valence-electron chi connectivity index (χ2n) is 3.51. The summed E-state index contributed by atoms with van der Waals surface area (Å²) in [5.41, 5.74) is 1.67. The third kappa shape index (κ3) is 1.75. The van der Waals surface area contributed by atoms with E-state index in [9.17, 15) is 4.79 Å². The van der Waals surface area contributed by atoms with Crippen LogP contribution in [0.3, 0.4) is 0 Å². The number of esters is 1. The molecule has 0 bridgehead atoms. The van der Waals surface area contributed by atoms with E-state index in [1.807, 2.05) is 12.1 Å². The molecule has 1 fully saturated rings. The van der Waals surface area contributed by atoms with E-state index in [0.29, 0.717) is 16.5 Å². The summed E-state index contributed by atoms with van der Waals surface area (Å²) in [6, 6.07) is 5.56. The van der Waals surface area contributed by atoms with Gasteiger partial charge in [0.2, 0.25) is 0 Å². The van der Waals surface area contributed by atoms with Gasteiger partial charge in [-0.3, -0.25) is 0 Å². The molecule has 2 rings (SSSR count). The van der Waals surface area contributed by atoms with Crippen molar-refractivity contribution in [2.75, 3.05) is 7.11 Å². The largest absolute Gasteiger partial charge is 0.465 e. The number of carbonyl (C=O) groups excluding carboxylic acids is 1. The van der Waals surface area contributed by atoms with Crippen LogP contribution in [0.4, 0.5) is 0 Å². The summed E-state index contributed by atoms with van der Waals surface area (Å²) in [5, 5.41) is 0.487. The van der Waals surface area contributed by atoms with E-state index in [0.717, 1.165) is 0 Å². The Morgan fingerprint density at radius 3 is 2.71 bits per heavy atom. The molecule has 14 heavy (non-hydrogen) atoms. The van der Waals surface area contributed by atoms with Crippen molar-refractivity contribution >= 4 is 17.6 Å². The molecule has 0 aliphatic heterocycles. The molecular formula is C11H11ClO2. The molecule has 0 radical (unpaired) electrons. The van der Waals surface area contributed by atoms with E-state index in [4.69, 9.17) is 11.6 Å². The van der Waals surface area contributed by atoms with Crippen molar-refractivity contribution in [2.45, 2.75) is 18.8 Å². The molecule has 0 saturated heterocycles. The minimum atomic E-state index is -0.377. The standard InChI is InChI=1S/C11H11ClO2/c1-14-11(13)9-5-4-8(6-10(9)12)7-2-3-7/h4-7H,2-3H2,1H3. The number of benzene rings is 1. The SMILES string of the molecule is COC(=O)c1ccc(C2CC2)cc1Cl. The Morgan fingerprint density at radius 2 is 2.21 bits per heavy atom. The fourth-order valence-corrected chi connectivity index (χ4v) is 1.74. The zero-order chi connectivity index (χ0) is 10.1. The Kier molecular flexibility index (Phi) is 2.46. The van der Waals surface area contributed by atoms with Gasteiger partial charge in [-0.25, -0.2) is 4.79 Å². The van der Waals surface area contributed by atoms with E-state index in [1.54, 1.807) is 6.07 Å². The van der Waals surface area contributed by atoms with Crippen LogP contribution < -0.4 is 0 Å². The van der Waals surface area contributed by atoms with Crippen LogP contribution in [0.1, 0.15) is 34.7 Å². The summed E-state index contributed by atoms with van der Waals surface area (Å²) in [6.07, 6.45) is 2.46. The second-order valence-corrected chi connectivity index (χ2v) is 3.91. The van der Waals surface area contributed by atoms with Crippen molar-refractivity contribution in [3.63, 3.8) is 0 Å². The number of ether oxygens (including phenoxy) is 1. The molecule has 1 aliphatic carbocycles. The lowest BCUT2D eigenvalue weighted by molar-refractivity contribution is 0.0601. The van der Waals surface area contributed by atoms with Crippen molar-refractivity contribution < 1.29 is 9.53 Å². The Bertz CT molecular complexity index is 370. The van der Waals surface area contributed by atoms with Crippen LogP contribution in [0.2, 0.25) is 5.02 Å². The van der Waals surface area contributed by atoms with Crippen molar-refractivity contribution in [3.8, 4) is 0 Å². The number of rotatable bonds is 2. The first-order chi connectivity index (χ1) is 6.72. The lowest BCUT2D eigenvalue weighted by atomic mass is 10.1. The summed E-state index contributed by atoms with van der Waals surface area (Å²) in [4.78, 5) is 11.2. The summed E-state index contributed by atoms with van der Waals surface area (Å²) >= 11 is 5.97. The van der Waals surface area contributed by atoms with Gasteiger partial charge in [0.25, 0.3) is 0 Å². The first-order valence-electron chi connectivity index (χ1n) is 4.60. The number of hydrogen-bond acceptors (Lipinski definition) is 2. The molecule has 0 unspecified atom stereocenters. The molecule has 0 amide bonds. The highest BCUT2D eigenvalue weighted by Gasteiger charge is 2.24. The molecule has 0 heterocycles. The molecule has 0 aromatic heterocycles. The quantitative estimate of drug-likeness (QED) is 0.702. The molecular weight excluding hydrogens is 200 g/mol. The average molecular weight is 211 g/mol. The van der Waals surface area contributed by atoms with E-state index in [2.05, 4.69) is 4.74 Å². The monoisotopic (exact) mass is 210 g/mol. The van der Waals surface area contributed by atoms with Gasteiger partial charge in [-0.15, -0.1) is 0 Å². The number of carbonyl (C=O) groups is 1. The summed E-state index contributed by atoms with van der Waals surface area (Å²) in [6.45, 7) is 0. The zero-order valence-electron chi connectivity index (χ0n) is 7.92. The van der Waals surface area contributed by atoms with E-state index < -0.39 is 0 Å². The van der Waals surface area contributed by atoms with Crippen LogP contribution in [0.15, 0.2) is 18.2 Å². The third-order valence-corrected chi connectivity index (χ3v) is 2.76. The van der Waals surface area contributed by atoms with Crippen LogP contribution in [0, 0.1) is 0 Å². The third-order valence-electron chi connectivity index (χ3n) is 2.45. The van der Waals surface area contributed by atoms with Gasteiger partial charge in [0.1, 0.15) is 0 Å². The van der Waals surface area contributed by atoms with Gasteiger partial charge in [0.05, 0.1) is 17.7 Å². The van der Waals surface area contributed by atoms with E-state index >= 15 is 0 Å². The van der Waals surface area contributed by atoms with Gasteiger partial charge in [0, 0.05) is 0 Å². The maximum atomic E-state index is 11.2. The predicted molar refractivity (Wildman–Crippen MR) is 54.8 cm³/mol. The lowest BCUT2D eigenvalue weighted by Gasteiger charge is -2.04. The van der Waals surface area contributed by atoms with Gasteiger partial charge in [-0.05, 0) is 36.5 Å². The lowest BCUT2D eigenvalue weighted by Crippen LogP contribution is -2.02. The van der Waals surface area contributed by atoms with Gasteiger partial charge >= 0.3 is 5.97 Å². The van der Waals surface area contributed by atoms with Gasteiger partial charge in [0.15, 0.2) is 0 Å². The van der Waals surface area contributed by atoms with Gasteiger partial charge in [-0.2, -0.15) is 0 Å². The molecule has 0 spiro atoms. The minimum Gasteiger partial charge on any atom is -0.465 e. The topological polar surface area (TPSA) is 26.3 Å². The Hall–Kier alpha value is -1.02. The highest BCUT2D eigenvalue weighted by Crippen LogP contribution is 2.41. The fraction of sp³-hybridized carbons (Fsp3) is 0.364. The molecule has 0 N–H and O–H groups in total. The van der Waals surface area contributed by atoms with Crippen molar-refractivity contribution in [2.24, 2.45) is 0 Å². The van der Waals surface area contributed by atoms with Crippen LogP contribution in [-0.2, 0) is 4.74 Å². The maximum absolute atomic E-state index is 11.2. The zero-order valence-corrected chi connectivity index (χ0v) is 8.67. The van der Waals surface area contributed by atoms with Gasteiger partial charge < -0.3 is 4.74 Å². The van der Waals surface area contributed by atoms with Crippen molar-refractivity contribution in [3.05, 3.63) is 34.3 Å². The van der Waals surface area contributed by atoms with Crippen LogP contribution in [-0.4, -0.2) is 13.1 Å². The molecule has 3 heteroatoms. The first kappa shape index (κ1) is 9.53. The average Bonchev–Trinajstić information content (AvgIpc) is 3.00. The normalized spacial score (nSPS) is 15.3. The van der Waals surface area contributed by atoms with Crippen LogP contribution in [0.5, 0.6) is 0 Å². The summed E-state index contributed by atoms with van der Waals surface area (Å²) < 4.78 is 4.61. The molecule has 0 atom stereocenters. The van der Waals surface area contributed by atoms with Crippen LogP contribution in [0.25, 0.3) is 0 Å². The van der Waals surface area contributed by atoms with Gasteiger partial charge in [-0.1, -0.05) is 17.7 Å². The number of methoxy groups -OCH3 is 1. The molecule has 74 valence electrons. The predicted octanol–water partition coefficient (Wildman–Crippen LogP) is 3.00. The number of hydrogen-bond donors (Lipinski definition) is 0. The Morgan fingerprint density at radius 1 is 1.50 bits per heavy atom. The molecule has 1 aliphatic rings. The summed E-state index contributed by atoms with van der Waals surface area (Å²) in [7, 11) is 1.35. The van der Waals surface area contributed by atoms with E-state index in [-0.39, 0.29) is 5.97 Å². The van der Waals surface area contributed by atoms with Crippen molar-refractivity contribution in [1.29, 1.82) is 0 Å². The van der Waals surface area contributed by atoms with Crippen LogP contribution >= 0.6 is 11.6 Å². The Labute approximate surface area is 87.8 Å². The van der Waals surface area contributed by atoms with Crippen molar-refractivity contribution in [1.82, 2.24) is 0 Å². The molecule has 1 aromatic rings. The Balaban J connectivity index is 2.30. The maximum Gasteiger partial charge on any atom is 0.339 e. The number of halogens is 1. The summed E-state index contributed by atoms with van der Waals surface area (Å²) in [5.74, 6) is 0.275. The van der Waals surface area contributed by atoms with E-state index in [1.165, 1.54) is 25.5 Å². The highest BCUT2D eigenvalue weighted by atomic mass is 35.5. The molecule has 2 nitrogen and oxygen atoms in total. The molecule has 1 saturated carbocycles.